The van der Waals surface area contributed by atoms with Crippen molar-refractivity contribution in [2.45, 2.75) is 38.8 Å². The van der Waals surface area contributed by atoms with Gasteiger partial charge in [-0.25, -0.2) is 9.97 Å². The van der Waals surface area contributed by atoms with Crippen LogP contribution in [-0.2, 0) is 27.4 Å². The smallest absolute Gasteiger partial charge is 0.228 e. The highest BCUT2D eigenvalue weighted by Crippen LogP contribution is 2.33. The van der Waals surface area contributed by atoms with E-state index in [0.29, 0.717) is 26.4 Å². The van der Waals surface area contributed by atoms with Crippen molar-refractivity contribution in [3.05, 3.63) is 71.0 Å². The molecule has 0 atom stereocenters. The molecule has 0 radical (unpaired) electrons. The Kier molecular flexibility index (Phi) is 8.99. The number of carbonyl (C=O) groups excluding carboxylic acids is 1. The van der Waals surface area contributed by atoms with Crippen molar-refractivity contribution < 1.29 is 14.3 Å². The van der Waals surface area contributed by atoms with E-state index in [-0.39, 0.29) is 5.91 Å². The molecular formula is C30H36BrN5O3Si. The van der Waals surface area contributed by atoms with Crippen LogP contribution in [0, 0.1) is 0 Å². The molecule has 2 aromatic carbocycles. The third-order valence-electron chi connectivity index (χ3n) is 6.91. The number of fused-ring (bicyclic) bond motifs is 1. The van der Waals surface area contributed by atoms with Crippen LogP contribution in [-0.4, -0.2) is 61.4 Å². The lowest BCUT2D eigenvalue weighted by molar-refractivity contribution is -0.115. The van der Waals surface area contributed by atoms with E-state index < -0.39 is 8.07 Å². The molecule has 0 unspecified atom stereocenters. The van der Waals surface area contributed by atoms with Gasteiger partial charge in [0, 0.05) is 37.9 Å². The maximum atomic E-state index is 12.7. The quantitative estimate of drug-likeness (QED) is 0.168. The summed E-state index contributed by atoms with van der Waals surface area (Å²) in [5.41, 5.74) is 4.59. The number of amides is 1. The Hall–Kier alpha value is -3.05. The minimum absolute atomic E-state index is 0.0545. The number of nitrogens with one attached hydrogen (secondary N) is 1. The molecular weight excluding hydrogens is 586 g/mol. The van der Waals surface area contributed by atoms with Crippen molar-refractivity contribution in [1.29, 1.82) is 0 Å². The second kappa shape index (κ2) is 12.6. The molecule has 4 aromatic rings. The van der Waals surface area contributed by atoms with Crippen LogP contribution in [0.1, 0.15) is 5.56 Å². The third-order valence-corrected chi connectivity index (χ3v) is 9.11. The van der Waals surface area contributed by atoms with E-state index in [1.54, 1.807) is 6.33 Å². The van der Waals surface area contributed by atoms with Crippen LogP contribution in [0.5, 0.6) is 0 Å². The molecule has 1 aliphatic heterocycles. The number of anilines is 2. The van der Waals surface area contributed by atoms with Crippen LogP contribution in [0.25, 0.3) is 22.3 Å². The van der Waals surface area contributed by atoms with Crippen LogP contribution in [0.4, 0.5) is 11.5 Å². The maximum absolute atomic E-state index is 12.7. The van der Waals surface area contributed by atoms with Gasteiger partial charge in [0.2, 0.25) is 5.91 Å². The first-order valence-corrected chi connectivity index (χ1v) is 18.2. The molecule has 2 aromatic heterocycles. The average Bonchev–Trinajstić information content (AvgIpc) is 3.30. The Morgan fingerprint density at radius 2 is 1.85 bits per heavy atom. The molecule has 1 amide bonds. The standard InChI is InChI=1S/C30H36BrN5O3Si/c1-40(2,3)16-15-39-21-36-27(19-26-29(32-20-33-30(26)36)35-11-13-38-14-12-35)23-7-9-25(10-8-23)34-28(37)18-22-5-4-6-24(31)17-22/h4-10,17,19-20H,11-16,18,21H2,1-3H3,(H,34,37). The molecule has 8 nitrogen and oxygen atoms in total. The minimum Gasteiger partial charge on any atom is -0.378 e. The van der Waals surface area contributed by atoms with Gasteiger partial charge in [-0.05, 0) is 47.5 Å². The molecule has 0 spiro atoms. The van der Waals surface area contributed by atoms with Gasteiger partial charge in [0.25, 0.3) is 0 Å². The van der Waals surface area contributed by atoms with Gasteiger partial charge in [0.05, 0.1) is 30.7 Å². The zero-order chi connectivity index (χ0) is 28.1. The molecule has 10 heteroatoms. The SMILES string of the molecule is C[Si](C)(C)CCOCn1c(-c2ccc(NC(=O)Cc3cccc(Br)c3)cc2)cc2c(N3CCOCC3)ncnc21. The Morgan fingerprint density at radius 3 is 2.58 bits per heavy atom. The maximum Gasteiger partial charge on any atom is 0.228 e. The number of benzene rings is 2. The Balaban J connectivity index is 1.40. The van der Waals surface area contributed by atoms with Crippen molar-refractivity contribution in [1.82, 2.24) is 14.5 Å². The molecule has 5 rings (SSSR count). The molecule has 40 heavy (non-hydrogen) atoms. The van der Waals surface area contributed by atoms with Crippen LogP contribution < -0.4 is 10.2 Å². The van der Waals surface area contributed by atoms with Crippen LogP contribution >= 0.6 is 15.9 Å². The summed E-state index contributed by atoms with van der Waals surface area (Å²) in [7, 11) is -1.21. The van der Waals surface area contributed by atoms with E-state index in [0.717, 1.165) is 69.6 Å². The van der Waals surface area contributed by atoms with E-state index in [1.807, 2.05) is 48.5 Å². The topological polar surface area (TPSA) is 81.5 Å². The molecule has 0 saturated carbocycles. The Bertz CT molecular complexity index is 1460. The number of ether oxygens (including phenoxy) is 2. The molecule has 1 aliphatic rings. The molecule has 0 bridgehead atoms. The summed E-state index contributed by atoms with van der Waals surface area (Å²) in [5, 5.41) is 4.01. The largest absolute Gasteiger partial charge is 0.378 e. The summed E-state index contributed by atoms with van der Waals surface area (Å²) in [6.45, 7) is 11.2. The first-order chi connectivity index (χ1) is 19.3. The summed E-state index contributed by atoms with van der Waals surface area (Å²) in [4.78, 5) is 24.2. The van der Waals surface area contributed by atoms with Gasteiger partial charge in [-0.3, -0.25) is 4.79 Å². The molecule has 1 fully saturated rings. The third kappa shape index (κ3) is 7.17. The van der Waals surface area contributed by atoms with Gasteiger partial charge in [-0.1, -0.05) is 59.8 Å². The van der Waals surface area contributed by atoms with E-state index in [1.165, 1.54) is 0 Å². The molecule has 1 saturated heterocycles. The number of aromatic nitrogens is 3. The summed E-state index contributed by atoms with van der Waals surface area (Å²) < 4.78 is 14.8. The van der Waals surface area contributed by atoms with Crippen molar-refractivity contribution in [3.63, 3.8) is 0 Å². The van der Waals surface area contributed by atoms with Crippen molar-refractivity contribution in [2.24, 2.45) is 0 Å². The monoisotopic (exact) mass is 621 g/mol. The second-order valence-corrected chi connectivity index (χ2v) is 17.8. The first-order valence-electron chi connectivity index (χ1n) is 13.7. The highest BCUT2D eigenvalue weighted by atomic mass is 79.9. The van der Waals surface area contributed by atoms with Gasteiger partial charge in [-0.15, -0.1) is 0 Å². The van der Waals surface area contributed by atoms with Gasteiger partial charge in [-0.2, -0.15) is 0 Å². The zero-order valence-electron chi connectivity index (χ0n) is 23.3. The number of morpholine rings is 1. The number of halogens is 1. The van der Waals surface area contributed by atoms with Gasteiger partial charge in [0.15, 0.2) is 0 Å². The molecule has 1 N–H and O–H groups in total. The number of carbonyl (C=O) groups is 1. The Morgan fingerprint density at radius 1 is 1.07 bits per heavy atom. The fourth-order valence-corrected chi connectivity index (χ4v) is 5.95. The predicted octanol–water partition coefficient (Wildman–Crippen LogP) is 6.19. The highest BCUT2D eigenvalue weighted by molar-refractivity contribution is 9.10. The number of rotatable bonds is 10. The highest BCUT2D eigenvalue weighted by Gasteiger charge is 2.21. The number of hydrogen-bond acceptors (Lipinski definition) is 6. The van der Waals surface area contributed by atoms with Gasteiger partial charge >= 0.3 is 0 Å². The van der Waals surface area contributed by atoms with Crippen molar-refractivity contribution in [2.75, 3.05) is 43.1 Å². The van der Waals surface area contributed by atoms with Crippen LogP contribution in [0.15, 0.2) is 65.4 Å². The summed E-state index contributed by atoms with van der Waals surface area (Å²) in [6, 6.07) is 19.0. The number of hydrogen-bond donors (Lipinski definition) is 1. The minimum atomic E-state index is -1.21. The summed E-state index contributed by atoms with van der Waals surface area (Å²) >= 11 is 3.47. The van der Waals surface area contributed by atoms with E-state index >= 15 is 0 Å². The average molecular weight is 623 g/mol. The van der Waals surface area contributed by atoms with Crippen LogP contribution in [0.3, 0.4) is 0 Å². The lowest BCUT2D eigenvalue weighted by Gasteiger charge is -2.28. The van der Waals surface area contributed by atoms with Crippen molar-refractivity contribution >= 4 is 52.4 Å². The Labute approximate surface area is 244 Å². The molecule has 0 aliphatic carbocycles. The normalized spacial score (nSPS) is 14.1. The van der Waals surface area contributed by atoms with Gasteiger partial charge in [0.1, 0.15) is 24.5 Å². The summed E-state index contributed by atoms with van der Waals surface area (Å²) in [6.07, 6.45) is 1.95. The fraction of sp³-hybridized carbons (Fsp3) is 0.367. The fourth-order valence-electron chi connectivity index (χ4n) is 4.74. The molecule has 3 heterocycles. The summed E-state index contributed by atoms with van der Waals surface area (Å²) in [5.74, 6) is 0.869. The predicted molar refractivity (Wildman–Crippen MR) is 167 cm³/mol. The lowest BCUT2D eigenvalue weighted by Crippen LogP contribution is -2.36. The van der Waals surface area contributed by atoms with Crippen molar-refractivity contribution in [3.8, 4) is 11.3 Å². The van der Waals surface area contributed by atoms with E-state index in [9.17, 15) is 4.79 Å². The van der Waals surface area contributed by atoms with E-state index in [2.05, 4.69) is 66.4 Å². The van der Waals surface area contributed by atoms with E-state index in [4.69, 9.17) is 9.47 Å². The molecule has 210 valence electrons. The lowest BCUT2D eigenvalue weighted by atomic mass is 10.1. The van der Waals surface area contributed by atoms with Gasteiger partial charge < -0.3 is 24.3 Å². The zero-order valence-corrected chi connectivity index (χ0v) is 25.9. The second-order valence-electron chi connectivity index (χ2n) is 11.3. The van der Waals surface area contributed by atoms with Crippen LogP contribution in [0.2, 0.25) is 25.7 Å². The first kappa shape index (κ1) is 28.5. The number of nitrogens with zero attached hydrogens (tertiary/aromatic N) is 4.